The van der Waals surface area contributed by atoms with Crippen molar-refractivity contribution in [1.29, 1.82) is 0 Å². The van der Waals surface area contributed by atoms with Crippen molar-refractivity contribution >= 4 is 16.7 Å². The van der Waals surface area contributed by atoms with Crippen LogP contribution in [0.5, 0.6) is 0 Å². The van der Waals surface area contributed by atoms with Gasteiger partial charge in [0.25, 0.3) is 0 Å². The van der Waals surface area contributed by atoms with E-state index < -0.39 is 0 Å². The Balaban J connectivity index is 2.03. The zero-order chi connectivity index (χ0) is 13.2. The highest BCUT2D eigenvalue weighted by Crippen LogP contribution is 2.28. The Kier molecular flexibility index (Phi) is 3.38. The predicted octanol–water partition coefficient (Wildman–Crippen LogP) is 3.07. The highest BCUT2D eigenvalue weighted by atomic mass is 15.2. The molecule has 1 aromatic carbocycles. The summed E-state index contributed by atoms with van der Waals surface area (Å²) in [5, 5.41) is 1.17. The second-order valence-electron chi connectivity index (χ2n) is 5.41. The molecule has 1 aliphatic rings. The molecule has 3 heteroatoms. The average Bonchev–Trinajstić information content (AvgIpc) is 2.99. The van der Waals surface area contributed by atoms with Crippen LogP contribution < -0.4 is 10.6 Å². The first-order valence-electron chi connectivity index (χ1n) is 7.11. The number of hydrogen-bond acceptors (Lipinski definition) is 3. The molecule has 0 atom stereocenters. The number of aromatic nitrogens is 1. The molecule has 1 aromatic heterocycles. The first-order valence-corrected chi connectivity index (χ1v) is 7.11. The Morgan fingerprint density at radius 1 is 1.26 bits per heavy atom. The van der Waals surface area contributed by atoms with E-state index in [-0.39, 0.29) is 0 Å². The maximum absolute atomic E-state index is 5.89. The van der Waals surface area contributed by atoms with Gasteiger partial charge in [0.05, 0.1) is 5.52 Å². The minimum Gasteiger partial charge on any atom is -0.357 e. The third kappa shape index (κ3) is 2.30. The fraction of sp³-hybridized carbons (Fsp3) is 0.438. The van der Waals surface area contributed by atoms with Gasteiger partial charge in [-0.3, -0.25) is 0 Å². The Morgan fingerprint density at radius 3 is 2.74 bits per heavy atom. The number of hydrogen-bond donors (Lipinski definition) is 1. The maximum Gasteiger partial charge on any atom is 0.129 e. The van der Waals surface area contributed by atoms with Crippen molar-refractivity contribution in [1.82, 2.24) is 4.98 Å². The van der Waals surface area contributed by atoms with Gasteiger partial charge in [-0.05, 0) is 30.5 Å². The number of nitrogens with two attached hydrogens (primary N) is 1. The van der Waals surface area contributed by atoms with Crippen molar-refractivity contribution in [2.75, 3.05) is 11.9 Å². The third-order valence-electron chi connectivity index (χ3n) is 4.24. The minimum atomic E-state index is 0.564. The number of rotatable bonds is 3. The van der Waals surface area contributed by atoms with E-state index in [1.165, 1.54) is 36.6 Å². The van der Waals surface area contributed by atoms with Crippen molar-refractivity contribution < 1.29 is 0 Å². The second kappa shape index (κ2) is 5.17. The molecule has 1 saturated carbocycles. The molecule has 0 unspecified atom stereocenters. The molecule has 0 spiro atoms. The summed E-state index contributed by atoms with van der Waals surface area (Å²) >= 11 is 0. The first-order chi connectivity index (χ1) is 9.29. The molecule has 2 N–H and O–H groups in total. The lowest BCUT2D eigenvalue weighted by molar-refractivity contribution is 0.647. The molecule has 19 heavy (non-hydrogen) atoms. The van der Waals surface area contributed by atoms with Crippen LogP contribution in [-0.4, -0.2) is 18.1 Å². The van der Waals surface area contributed by atoms with Crippen LogP contribution in [0.2, 0.25) is 0 Å². The molecule has 3 nitrogen and oxygen atoms in total. The second-order valence-corrected chi connectivity index (χ2v) is 5.41. The normalized spacial score (nSPS) is 16.1. The molecule has 0 amide bonds. The molecule has 3 rings (SSSR count). The maximum atomic E-state index is 5.89. The number of pyridine rings is 1. The molecule has 1 aliphatic carbocycles. The van der Waals surface area contributed by atoms with Crippen LogP contribution >= 0.6 is 0 Å². The van der Waals surface area contributed by atoms with Gasteiger partial charge in [0.1, 0.15) is 5.82 Å². The first kappa shape index (κ1) is 12.4. The molecular formula is C16H21N3. The van der Waals surface area contributed by atoms with Crippen LogP contribution in [0.1, 0.15) is 31.2 Å². The van der Waals surface area contributed by atoms with Crippen molar-refractivity contribution in [3.8, 4) is 0 Å². The topological polar surface area (TPSA) is 42.1 Å². The number of benzene rings is 1. The van der Waals surface area contributed by atoms with Gasteiger partial charge in [-0.2, -0.15) is 0 Å². The van der Waals surface area contributed by atoms with E-state index in [2.05, 4.69) is 30.1 Å². The lowest BCUT2D eigenvalue weighted by atomic mass is 10.1. The van der Waals surface area contributed by atoms with Crippen molar-refractivity contribution in [2.45, 2.75) is 38.3 Å². The van der Waals surface area contributed by atoms with Gasteiger partial charge in [0, 0.05) is 25.0 Å². The lowest BCUT2D eigenvalue weighted by Crippen LogP contribution is -2.29. The highest BCUT2D eigenvalue weighted by Gasteiger charge is 2.21. The predicted molar refractivity (Wildman–Crippen MR) is 80.3 cm³/mol. The van der Waals surface area contributed by atoms with Crippen molar-refractivity contribution in [3.63, 3.8) is 0 Å². The largest absolute Gasteiger partial charge is 0.357 e. The summed E-state index contributed by atoms with van der Waals surface area (Å²) < 4.78 is 0. The van der Waals surface area contributed by atoms with E-state index in [9.17, 15) is 0 Å². The third-order valence-corrected chi connectivity index (χ3v) is 4.24. The molecule has 1 fully saturated rings. The van der Waals surface area contributed by atoms with E-state index in [1.807, 2.05) is 12.1 Å². The SMILES string of the molecule is CN(c1cc(CN)c2ccccc2n1)C1CCCC1. The quantitative estimate of drug-likeness (QED) is 0.916. The van der Waals surface area contributed by atoms with Gasteiger partial charge in [-0.25, -0.2) is 4.98 Å². The molecule has 0 aliphatic heterocycles. The minimum absolute atomic E-state index is 0.564. The zero-order valence-electron chi connectivity index (χ0n) is 11.5. The summed E-state index contributed by atoms with van der Waals surface area (Å²) in [5.74, 6) is 1.06. The molecule has 2 aromatic rings. The Labute approximate surface area is 114 Å². The van der Waals surface area contributed by atoms with Crippen LogP contribution in [0.4, 0.5) is 5.82 Å². The summed E-state index contributed by atoms with van der Waals surface area (Å²) in [6, 6.07) is 11.0. The van der Waals surface area contributed by atoms with Crippen LogP contribution in [0.15, 0.2) is 30.3 Å². The summed E-state index contributed by atoms with van der Waals surface area (Å²) in [6.07, 6.45) is 5.24. The van der Waals surface area contributed by atoms with Crippen LogP contribution in [0.3, 0.4) is 0 Å². The Morgan fingerprint density at radius 2 is 2.00 bits per heavy atom. The smallest absolute Gasteiger partial charge is 0.129 e. The Hall–Kier alpha value is -1.61. The number of nitrogens with zero attached hydrogens (tertiary/aromatic N) is 2. The van der Waals surface area contributed by atoms with E-state index in [0.29, 0.717) is 12.6 Å². The average molecular weight is 255 g/mol. The summed E-state index contributed by atoms with van der Waals surface area (Å²) in [4.78, 5) is 7.13. The Bertz CT molecular complexity index is 573. The van der Waals surface area contributed by atoms with Gasteiger partial charge in [-0.15, -0.1) is 0 Å². The van der Waals surface area contributed by atoms with Crippen LogP contribution in [0.25, 0.3) is 10.9 Å². The lowest BCUT2D eigenvalue weighted by Gasteiger charge is -2.26. The van der Waals surface area contributed by atoms with E-state index in [4.69, 9.17) is 10.7 Å². The van der Waals surface area contributed by atoms with Crippen LogP contribution in [0, 0.1) is 0 Å². The molecule has 0 saturated heterocycles. The fourth-order valence-electron chi connectivity index (χ4n) is 3.06. The molecular weight excluding hydrogens is 234 g/mol. The summed E-state index contributed by atoms with van der Waals surface area (Å²) in [5.41, 5.74) is 8.12. The van der Waals surface area contributed by atoms with Gasteiger partial charge in [-0.1, -0.05) is 31.0 Å². The number of anilines is 1. The molecule has 1 heterocycles. The fourth-order valence-corrected chi connectivity index (χ4v) is 3.06. The van der Waals surface area contributed by atoms with Gasteiger partial charge in [0.2, 0.25) is 0 Å². The zero-order valence-corrected chi connectivity index (χ0v) is 11.5. The van der Waals surface area contributed by atoms with Crippen LogP contribution in [-0.2, 0) is 6.54 Å². The standard InChI is InChI=1S/C16H21N3/c1-19(13-6-2-3-7-13)16-10-12(11-17)14-8-4-5-9-15(14)18-16/h4-5,8-10,13H,2-3,6-7,11,17H2,1H3. The van der Waals surface area contributed by atoms with Crippen molar-refractivity contribution in [2.24, 2.45) is 5.73 Å². The highest BCUT2D eigenvalue weighted by molar-refractivity contribution is 5.84. The van der Waals surface area contributed by atoms with Gasteiger partial charge < -0.3 is 10.6 Å². The van der Waals surface area contributed by atoms with E-state index in [1.54, 1.807) is 0 Å². The molecule has 100 valence electrons. The van der Waals surface area contributed by atoms with E-state index >= 15 is 0 Å². The summed E-state index contributed by atoms with van der Waals surface area (Å²) in [6.45, 7) is 0.564. The van der Waals surface area contributed by atoms with Crippen molar-refractivity contribution in [3.05, 3.63) is 35.9 Å². The van der Waals surface area contributed by atoms with Gasteiger partial charge >= 0.3 is 0 Å². The molecule has 0 bridgehead atoms. The summed E-state index contributed by atoms with van der Waals surface area (Å²) in [7, 11) is 2.16. The number of fused-ring (bicyclic) bond motifs is 1. The van der Waals surface area contributed by atoms with E-state index in [0.717, 1.165) is 11.3 Å². The molecule has 0 radical (unpaired) electrons. The number of para-hydroxylation sites is 1. The monoisotopic (exact) mass is 255 g/mol. The van der Waals surface area contributed by atoms with Gasteiger partial charge in [0.15, 0.2) is 0 Å².